The van der Waals surface area contributed by atoms with E-state index in [0.717, 1.165) is 28.4 Å². The molecule has 0 aliphatic carbocycles. The molecule has 4 heteroatoms. The van der Waals surface area contributed by atoms with Crippen molar-refractivity contribution >= 4 is 16.3 Å². The van der Waals surface area contributed by atoms with E-state index in [1.54, 1.807) is 0 Å². The largest absolute Gasteiger partial charge is 0.491 e. The summed E-state index contributed by atoms with van der Waals surface area (Å²) in [5.41, 5.74) is 2.19. The number of hydrogen-bond acceptors (Lipinski definition) is 3. The van der Waals surface area contributed by atoms with E-state index in [-0.39, 0.29) is 6.10 Å². The second-order valence-electron chi connectivity index (χ2n) is 9.19. The highest BCUT2D eigenvalue weighted by molar-refractivity contribution is 7.17. The van der Waals surface area contributed by atoms with Gasteiger partial charge < -0.3 is 4.74 Å². The fourth-order valence-corrected chi connectivity index (χ4v) is 5.21. The summed E-state index contributed by atoms with van der Waals surface area (Å²) in [6.07, 6.45) is 21.7. The molecule has 1 aromatic carbocycles. The van der Waals surface area contributed by atoms with Gasteiger partial charge in [0.05, 0.1) is 11.8 Å². The molecule has 0 amide bonds. The van der Waals surface area contributed by atoms with E-state index < -0.39 is 0 Å². The van der Waals surface area contributed by atoms with Gasteiger partial charge in [-0.25, -0.2) is 4.98 Å². The van der Waals surface area contributed by atoms with Gasteiger partial charge in [0.2, 0.25) is 0 Å². The number of hydrogen-bond donors (Lipinski definition) is 0. The summed E-state index contributed by atoms with van der Waals surface area (Å²) < 4.78 is 8.29. The molecule has 0 radical (unpaired) electrons. The highest BCUT2D eigenvalue weighted by atomic mass is 32.1. The number of ether oxygens (including phenoxy) is 1. The molecule has 3 aromatic rings. The SMILES string of the molecule is CCCCCCCCCc1cn2cc(-c3ccc(OC(C)CCCCCC)cc3)nc2s1. The molecule has 176 valence electrons. The second kappa shape index (κ2) is 13.7. The molecule has 0 saturated carbocycles. The summed E-state index contributed by atoms with van der Waals surface area (Å²) in [6.45, 7) is 6.70. The number of aromatic nitrogens is 2. The average molecular weight is 455 g/mol. The van der Waals surface area contributed by atoms with Crippen LogP contribution in [0, 0.1) is 0 Å². The molecular formula is C28H42N2OS. The number of fused-ring (bicyclic) bond motifs is 1. The molecule has 0 aliphatic rings. The summed E-state index contributed by atoms with van der Waals surface area (Å²) in [6, 6.07) is 8.42. The van der Waals surface area contributed by atoms with E-state index in [0.29, 0.717) is 0 Å². The first-order valence-corrected chi connectivity index (χ1v) is 13.8. The van der Waals surface area contributed by atoms with E-state index in [2.05, 4.69) is 61.8 Å². The Hall–Kier alpha value is -1.81. The number of aryl methyl sites for hydroxylation is 1. The quantitative estimate of drug-likeness (QED) is 0.202. The molecule has 0 bridgehead atoms. The molecule has 0 spiro atoms. The third kappa shape index (κ3) is 7.95. The van der Waals surface area contributed by atoms with E-state index in [1.165, 1.54) is 81.9 Å². The van der Waals surface area contributed by atoms with Crippen LogP contribution in [0.1, 0.15) is 103 Å². The number of unbranched alkanes of at least 4 members (excludes halogenated alkanes) is 9. The van der Waals surface area contributed by atoms with Gasteiger partial charge in [0, 0.05) is 22.8 Å². The highest BCUT2D eigenvalue weighted by Gasteiger charge is 2.09. The molecule has 32 heavy (non-hydrogen) atoms. The van der Waals surface area contributed by atoms with Gasteiger partial charge >= 0.3 is 0 Å². The maximum absolute atomic E-state index is 6.10. The van der Waals surface area contributed by atoms with Gasteiger partial charge in [-0.15, -0.1) is 11.3 Å². The molecule has 0 fully saturated rings. The first kappa shape index (κ1) is 24.8. The average Bonchev–Trinajstić information content (AvgIpc) is 3.36. The molecule has 0 N–H and O–H groups in total. The second-order valence-corrected chi connectivity index (χ2v) is 10.3. The molecule has 2 aromatic heterocycles. The van der Waals surface area contributed by atoms with Gasteiger partial charge in [-0.3, -0.25) is 4.40 Å². The zero-order chi connectivity index (χ0) is 22.6. The summed E-state index contributed by atoms with van der Waals surface area (Å²) in [5, 5.41) is 0. The van der Waals surface area contributed by atoms with Crippen molar-refractivity contribution in [3.63, 3.8) is 0 Å². The van der Waals surface area contributed by atoms with Crippen LogP contribution in [0.15, 0.2) is 36.7 Å². The number of nitrogens with zero attached hydrogens (tertiary/aromatic N) is 2. The zero-order valence-corrected chi connectivity index (χ0v) is 21.3. The highest BCUT2D eigenvalue weighted by Crippen LogP contribution is 2.27. The van der Waals surface area contributed by atoms with Crippen molar-refractivity contribution in [3.05, 3.63) is 41.5 Å². The lowest BCUT2D eigenvalue weighted by Crippen LogP contribution is -2.11. The van der Waals surface area contributed by atoms with E-state index >= 15 is 0 Å². The smallest absolute Gasteiger partial charge is 0.194 e. The van der Waals surface area contributed by atoms with Crippen LogP contribution in [-0.2, 0) is 6.42 Å². The standard InChI is InChI=1S/C28H42N2OS/c1-4-6-8-10-11-12-14-16-26-21-30-22-27(29-28(30)32-26)24-17-19-25(20-18-24)31-23(3)15-13-9-7-5-2/h17-23H,4-16H2,1-3H3. The van der Waals surface area contributed by atoms with Crippen LogP contribution >= 0.6 is 11.3 Å². The third-order valence-electron chi connectivity index (χ3n) is 6.18. The number of rotatable bonds is 16. The summed E-state index contributed by atoms with van der Waals surface area (Å²) in [7, 11) is 0. The zero-order valence-electron chi connectivity index (χ0n) is 20.4. The molecule has 1 unspecified atom stereocenters. The monoisotopic (exact) mass is 454 g/mol. The lowest BCUT2D eigenvalue weighted by Gasteiger charge is -2.14. The Morgan fingerprint density at radius 2 is 1.50 bits per heavy atom. The Labute approximate surface area is 199 Å². The number of benzene rings is 1. The van der Waals surface area contributed by atoms with Crippen molar-refractivity contribution < 1.29 is 4.74 Å². The molecule has 2 heterocycles. The van der Waals surface area contributed by atoms with Crippen LogP contribution < -0.4 is 4.74 Å². The van der Waals surface area contributed by atoms with Gasteiger partial charge in [0.1, 0.15) is 5.75 Å². The summed E-state index contributed by atoms with van der Waals surface area (Å²) in [4.78, 5) is 7.42. The van der Waals surface area contributed by atoms with Crippen molar-refractivity contribution in [1.82, 2.24) is 9.38 Å². The van der Waals surface area contributed by atoms with E-state index in [4.69, 9.17) is 9.72 Å². The maximum Gasteiger partial charge on any atom is 0.194 e. The number of thiazole rings is 1. The molecular weight excluding hydrogens is 412 g/mol. The lowest BCUT2D eigenvalue weighted by atomic mass is 10.1. The van der Waals surface area contributed by atoms with Crippen LogP contribution in [0.2, 0.25) is 0 Å². The minimum atomic E-state index is 0.269. The van der Waals surface area contributed by atoms with Crippen molar-refractivity contribution in [3.8, 4) is 17.0 Å². The molecule has 3 nitrogen and oxygen atoms in total. The van der Waals surface area contributed by atoms with Gasteiger partial charge in [0.15, 0.2) is 4.96 Å². The maximum atomic E-state index is 6.10. The summed E-state index contributed by atoms with van der Waals surface area (Å²) >= 11 is 1.83. The van der Waals surface area contributed by atoms with Gasteiger partial charge in [-0.1, -0.05) is 71.6 Å². The van der Waals surface area contributed by atoms with Crippen LogP contribution in [0.25, 0.3) is 16.2 Å². The molecule has 1 atom stereocenters. The Bertz CT molecular complexity index is 864. The van der Waals surface area contributed by atoms with E-state index in [9.17, 15) is 0 Å². The van der Waals surface area contributed by atoms with Gasteiger partial charge in [-0.05, 0) is 56.9 Å². The topological polar surface area (TPSA) is 26.5 Å². The lowest BCUT2D eigenvalue weighted by molar-refractivity contribution is 0.206. The number of imidazole rings is 1. The third-order valence-corrected chi connectivity index (χ3v) is 7.24. The van der Waals surface area contributed by atoms with Crippen LogP contribution in [0.5, 0.6) is 5.75 Å². The van der Waals surface area contributed by atoms with Crippen LogP contribution in [0.3, 0.4) is 0 Å². The van der Waals surface area contributed by atoms with Crippen molar-refractivity contribution in [2.75, 3.05) is 0 Å². The fourth-order valence-electron chi connectivity index (χ4n) is 4.21. The van der Waals surface area contributed by atoms with Crippen molar-refractivity contribution in [2.45, 2.75) is 110 Å². The molecule has 3 rings (SSSR count). The van der Waals surface area contributed by atoms with Gasteiger partial charge in [-0.2, -0.15) is 0 Å². The Morgan fingerprint density at radius 3 is 2.19 bits per heavy atom. The predicted molar refractivity (Wildman–Crippen MR) is 139 cm³/mol. The Morgan fingerprint density at radius 1 is 0.844 bits per heavy atom. The molecule has 0 saturated heterocycles. The van der Waals surface area contributed by atoms with E-state index in [1.807, 2.05) is 11.3 Å². The first-order chi connectivity index (χ1) is 15.7. The predicted octanol–water partition coefficient (Wildman–Crippen LogP) is 9.09. The van der Waals surface area contributed by atoms with Crippen molar-refractivity contribution in [2.24, 2.45) is 0 Å². The van der Waals surface area contributed by atoms with Crippen LogP contribution in [-0.4, -0.2) is 15.5 Å². The first-order valence-electron chi connectivity index (χ1n) is 12.9. The normalized spacial score (nSPS) is 12.5. The fraction of sp³-hybridized carbons (Fsp3) is 0.607. The van der Waals surface area contributed by atoms with Crippen molar-refractivity contribution in [1.29, 1.82) is 0 Å². The van der Waals surface area contributed by atoms with Gasteiger partial charge in [0.25, 0.3) is 0 Å². The minimum absolute atomic E-state index is 0.269. The molecule has 0 aliphatic heterocycles. The summed E-state index contributed by atoms with van der Waals surface area (Å²) in [5.74, 6) is 0.953. The van der Waals surface area contributed by atoms with Crippen LogP contribution in [0.4, 0.5) is 0 Å². The Kier molecular flexibility index (Phi) is 10.6. The Balaban J connectivity index is 1.45. The minimum Gasteiger partial charge on any atom is -0.491 e.